The van der Waals surface area contributed by atoms with Crippen LogP contribution in [-0.2, 0) is 17.9 Å². The molecule has 162 valence electrons. The molecule has 0 bridgehead atoms. The SMILES string of the molecule is Clc1ccc(COc2ccc(CNc3ccc(N4CCOCC4)c(Cl)c3)cc2Br)cc1. The van der Waals surface area contributed by atoms with Crippen molar-refractivity contribution in [2.24, 2.45) is 0 Å². The first kappa shape index (κ1) is 22.3. The highest BCUT2D eigenvalue weighted by Gasteiger charge is 2.14. The van der Waals surface area contributed by atoms with Gasteiger partial charge in [0.25, 0.3) is 0 Å². The maximum Gasteiger partial charge on any atom is 0.134 e. The monoisotopic (exact) mass is 520 g/mol. The van der Waals surface area contributed by atoms with Crippen molar-refractivity contribution >= 4 is 50.5 Å². The molecule has 0 amide bonds. The zero-order valence-corrected chi connectivity index (χ0v) is 20.0. The van der Waals surface area contributed by atoms with E-state index >= 15 is 0 Å². The van der Waals surface area contributed by atoms with Gasteiger partial charge in [-0.25, -0.2) is 0 Å². The maximum absolute atomic E-state index is 6.53. The highest BCUT2D eigenvalue weighted by Crippen LogP contribution is 2.31. The van der Waals surface area contributed by atoms with Crippen LogP contribution in [0.25, 0.3) is 0 Å². The predicted octanol–water partition coefficient (Wildman–Crippen LogP) is 6.78. The fourth-order valence-electron chi connectivity index (χ4n) is 3.39. The first-order chi connectivity index (χ1) is 15.1. The fraction of sp³-hybridized carbons (Fsp3) is 0.250. The molecule has 1 fully saturated rings. The highest BCUT2D eigenvalue weighted by atomic mass is 79.9. The van der Waals surface area contributed by atoms with Crippen molar-refractivity contribution in [1.29, 1.82) is 0 Å². The lowest BCUT2D eigenvalue weighted by molar-refractivity contribution is 0.122. The Labute approximate surface area is 201 Å². The molecule has 0 radical (unpaired) electrons. The minimum Gasteiger partial charge on any atom is -0.488 e. The van der Waals surface area contributed by atoms with Gasteiger partial charge in [0, 0.05) is 30.3 Å². The summed E-state index contributed by atoms with van der Waals surface area (Å²) in [5.41, 5.74) is 4.25. The number of nitrogens with zero attached hydrogens (tertiary/aromatic N) is 1. The second-order valence-electron chi connectivity index (χ2n) is 7.30. The molecular weight excluding hydrogens is 499 g/mol. The third kappa shape index (κ3) is 6.07. The molecule has 0 unspecified atom stereocenters. The average Bonchev–Trinajstić information content (AvgIpc) is 2.79. The van der Waals surface area contributed by atoms with Gasteiger partial charge in [-0.3, -0.25) is 0 Å². The standard InChI is InChI=1S/C24H23BrCl2N2O2/c25-21-13-18(3-8-24(21)31-16-17-1-4-19(26)5-2-17)15-28-20-6-7-23(22(27)14-20)29-9-11-30-12-10-29/h1-8,13-14,28H,9-12,15-16H2. The van der Waals surface area contributed by atoms with Crippen molar-refractivity contribution in [3.63, 3.8) is 0 Å². The molecule has 7 heteroatoms. The fourth-order valence-corrected chi connectivity index (χ4v) is 4.36. The molecule has 1 aliphatic heterocycles. The molecule has 4 nitrogen and oxygen atoms in total. The zero-order chi connectivity index (χ0) is 21.6. The Bertz CT molecular complexity index is 1020. The summed E-state index contributed by atoms with van der Waals surface area (Å²) in [5, 5.41) is 4.91. The molecule has 0 atom stereocenters. The number of hydrogen-bond donors (Lipinski definition) is 1. The van der Waals surface area contributed by atoms with Crippen LogP contribution in [0.5, 0.6) is 5.75 Å². The van der Waals surface area contributed by atoms with Crippen LogP contribution >= 0.6 is 39.1 Å². The topological polar surface area (TPSA) is 33.7 Å². The van der Waals surface area contributed by atoms with Crippen LogP contribution in [0.1, 0.15) is 11.1 Å². The van der Waals surface area contributed by atoms with E-state index in [1.165, 1.54) is 0 Å². The lowest BCUT2D eigenvalue weighted by atomic mass is 10.2. The van der Waals surface area contributed by atoms with Crippen molar-refractivity contribution < 1.29 is 9.47 Å². The Morgan fingerprint density at radius 1 is 0.935 bits per heavy atom. The smallest absolute Gasteiger partial charge is 0.134 e. The summed E-state index contributed by atoms with van der Waals surface area (Å²) in [7, 11) is 0. The molecule has 0 aromatic heterocycles. The molecule has 1 heterocycles. The summed E-state index contributed by atoms with van der Waals surface area (Å²) < 4.78 is 12.3. The Kier molecular flexibility index (Phi) is 7.62. The van der Waals surface area contributed by atoms with Gasteiger partial charge in [-0.1, -0.05) is 41.4 Å². The van der Waals surface area contributed by atoms with Crippen LogP contribution < -0.4 is 15.0 Å². The summed E-state index contributed by atoms with van der Waals surface area (Å²) in [5.74, 6) is 0.802. The third-order valence-electron chi connectivity index (χ3n) is 5.10. The van der Waals surface area contributed by atoms with Gasteiger partial charge in [0.2, 0.25) is 0 Å². The van der Waals surface area contributed by atoms with Crippen LogP contribution in [0.4, 0.5) is 11.4 Å². The zero-order valence-electron chi connectivity index (χ0n) is 16.9. The summed E-state index contributed by atoms with van der Waals surface area (Å²) >= 11 is 16.1. The van der Waals surface area contributed by atoms with Crippen molar-refractivity contribution in [3.8, 4) is 5.75 Å². The second kappa shape index (κ2) is 10.6. The van der Waals surface area contributed by atoms with Gasteiger partial charge < -0.3 is 19.7 Å². The van der Waals surface area contributed by atoms with Crippen molar-refractivity contribution in [3.05, 3.63) is 86.3 Å². The molecule has 3 aromatic rings. The first-order valence-electron chi connectivity index (χ1n) is 10.1. The Morgan fingerprint density at radius 3 is 2.39 bits per heavy atom. The van der Waals surface area contributed by atoms with Crippen LogP contribution in [0, 0.1) is 0 Å². The van der Waals surface area contributed by atoms with E-state index in [1.807, 2.05) is 36.4 Å². The summed E-state index contributed by atoms with van der Waals surface area (Å²) in [6.45, 7) is 4.39. The number of morpholine rings is 1. The van der Waals surface area contributed by atoms with Gasteiger partial charge >= 0.3 is 0 Å². The quantitative estimate of drug-likeness (QED) is 0.371. The van der Waals surface area contributed by atoms with E-state index in [1.54, 1.807) is 0 Å². The molecule has 0 spiro atoms. The molecular formula is C24H23BrCl2N2O2. The summed E-state index contributed by atoms with van der Waals surface area (Å²) in [4.78, 5) is 2.26. The molecule has 1 aliphatic rings. The number of anilines is 2. The summed E-state index contributed by atoms with van der Waals surface area (Å²) in [6.07, 6.45) is 0. The molecule has 3 aromatic carbocycles. The largest absolute Gasteiger partial charge is 0.488 e. The molecule has 4 rings (SSSR count). The molecule has 0 saturated carbocycles. The van der Waals surface area contributed by atoms with E-state index in [4.69, 9.17) is 32.7 Å². The lowest BCUT2D eigenvalue weighted by Gasteiger charge is -2.29. The van der Waals surface area contributed by atoms with Crippen LogP contribution in [0.15, 0.2) is 65.1 Å². The predicted molar refractivity (Wildman–Crippen MR) is 132 cm³/mol. The molecule has 1 N–H and O–H groups in total. The first-order valence-corrected chi connectivity index (χ1v) is 11.7. The second-order valence-corrected chi connectivity index (χ2v) is 9.00. The number of ether oxygens (including phenoxy) is 2. The number of nitrogens with one attached hydrogen (secondary N) is 1. The van der Waals surface area contributed by atoms with Gasteiger partial charge in [-0.2, -0.15) is 0 Å². The van der Waals surface area contributed by atoms with E-state index in [0.29, 0.717) is 13.2 Å². The Hall–Kier alpha value is -1.92. The Balaban J connectivity index is 1.33. The van der Waals surface area contributed by atoms with Crippen molar-refractivity contribution in [2.45, 2.75) is 13.2 Å². The van der Waals surface area contributed by atoms with E-state index in [-0.39, 0.29) is 0 Å². The van der Waals surface area contributed by atoms with E-state index in [9.17, 15) is 0 Å². The Morgan fingerprint density at radius 2 is 1.68 bits per heavy atom. The normalized spacial score (nSPS) is 13.8. The van der Waals surface area contributed by atoms with Gasteiger partial charge in [-0.15, -0.1) is 0 Å². The third-order valence-corrected chi connectivity index (χ3v) is 6.27. The van der Waals surface area contributed by atoms with Gasteiger partial charge in [0.05, 0.1) is 28.4 Å². The van der Waals surface area contributed by atoms with Gasteiger partial charge in [0.1, 0.15) is 12.4 Å². The molecule has 1 saturated heterocycles. The minimum atomic E-state index is 0.487. The van der Waals surface area contributed by atoms with Crippen LogP contribution in [-0.4, -0.2) is 26.3 Å². The average molecular weight is 522 g/mol. The highest BCUT2D eigenvalue weighted by molar-refractivity contribution is 9.10. The van der Waals surface area contributed by atoms with Gasteiger partial charge in [0.15, 0.2) is 0 Å². The number of rotatable bonds is 7. The van der Waals surface area contributed by atoms with E-state index < -0.39 is 0 Å². The number of hydrogen-bond acceptors (Lipinski definition) is 4. The van der Waals surface area contributed by atoms with Gasteiger partial charge in [-0.05, 0) is 69.5 Å². The number of halogens is 3. The molecule has 31 heavy (non-hydrogen) atoms. The van der Waals surface area contributed by atoms with Crippen LogP contribution in [0.2, 0.25) is 10.0 Å². The number of benzene rings is 3. The van der Waals surface area contributed by atoms with E-state index in [2.05, 4.69) is 50.4 Å². The van der Waals surface area contributed by atoms with Crippen molar-refractivity contribution in [1.82, 2.24) is 0 Å². The molecule has 0 aliphatic carbocycles. The van der Waals surface area contributed by atoms with Crippen molar-refractivity contribution in [2.75, 3.05) is 36.5 Å². The maximum atomic E-state index is 6.53. The van der Waals surface area contributed by atoms with E-state index in [0.717, 1.165) is 69.1 Å². The lowest BCUT2D eigenvalue weighted by Crippen LogP contribution is -2.36. The van der Waals surface area contributed by atoms with Crippen LogP contribution in [0.3, 0.4) is 0 Å². The summed E-state index contributed by atoms with van der Waals surface area (Å²) in [6, 6.07) is 19.9. The minimum absolute atomic E-state index is 0.487.